The number of carbonyl (C=O) groups excluding carboxylic acids is 1. The summed E-state index contributed by atoms with van der Waals surface area (Å²) in [6.07, 6.45) is 4.50. The first-order valence-corrected chi connectivity index (χ1v) is 6.86. The van der Waals surface area contributed by atoms with Gasteiger partial charge in [0.15, 0.2) is 5.78 Å². The molecule has 0 bridgehead atoms. The van der Waals surface area contributed by atoms with Crippen molar-refractivity contribution in [2.24, 2.45) is 11.7 Å². The zero-order valence-electron chi connectivity index (χ0n) is 8.32. The van der Waals surface area contributed by atoms with E-state index in [2.05, 4.69) is 0 Å². The number of hydrogen-bond acceptors (Lipinski definition) is 5. The van der Waals surface area contributed by atoms with Gasteiger partial charge in [-0.15, -0.1) is 23.5 Å². The van der Waals surface area contributed by atoms with Gasteiger partial charge in [0.2, 0.25) is 0 Å². The molecule has 0 amide bonds. The van der Waals surface area contributed by atoms with Gasteiger partial charge in [-0.05, 0) is 25.4 Å². The van der Waals surface area contributed by atoms with E-state index in [9.17, 15) is 9.90 Å². The van der Waals surface area contributed by atoms with Crippen molar-refractivity contribution in [3.05, 3.63) is 9.81 Å². The third-order valence-corrected chi connectivity index (χ3v) is 4.28. The van der Waals surface area contributed by atoms with E-state index in [-0.39, 0.29) is 11.7 Å². The van der Waals surface area contributed by atoms with Crippen molar-refractivity contribution >= 4 is 29.3 Å². The molecule has 1 saturated carbocycles. The number of aliphatic hydroxyl groups is 1. The number of Topliss-reactive ketones (excluding diaryl/α,β-unsaturated/α-hetero) is 1. The molecule has 1 aliphatic rings. The highest BCUT2D eigenvalue weighted by atomic mass is 32.2. The van der Waals surface area contributed by atoms with Crippen LogP contribution in [0.5, 0.6) is 0 Å². The molecular formula is C9H15NO2S2. The van der Waals surface area contributed by atoms with Crippen molar-refractivity contribution in [2.75, 3.05) is 12.5 Å². The monoisotopic (exact) mass is 233 g/mol. The Morgan fingerprint density at radius 2 is 1.93 bits per heavy atom. The summed E-state index contributed by atoms with van der Waals surface area (Å²) in [5.41, 5.74) is 5.80. The molecule has 3 N–H and O–H groups in total. The van der Waals surface area contributed by atoms with Crippen molar-refractivity contribution in [3.63, 3.8) is 0 Å². The van der Waals surface area contributed by atoms with Gasteiger partial charge in [-0.1, -0.05) is 0 Å². The summed E-state index contributed by atoms with van der Waals surface area (Å²) in [7, 11) is 0. The molecule has 1 aliphatic carbocycles. The first-order chi connectivity index (χ1) is 6.61. The molecular weight excluding hydrogens is 218 g/mol. The number of thioether (sulfide) groups is 2. The van der Waals surface area contributed by atoms with E-state index >= 15 is 0 Å². The zero-order chi connectivity index (χ0) is 10.7. The molecule has 80 valence electrons. The Morgan fingerprint density at radius 1 is 1.43 bits per heavy atom. The van der Waals surface area contributed by atoms with Gasteiger partial charge >= 0.3 is 0 Å². The zero-order valence-corrected chi connectivity index (χ0v) is 9.95. The Bertz CT molecular complexity index is 254. The largest absolute Gasteiger partial charge is 0.374 e. The molecule has 0 aliphatic heterocycles. The van der Waals surface area contributed by atoms with Gasteiger partial charge in [-0.2, -0.15) is 0 Å². The molecule has 0 spiro atoms. The predicted octanol–water partition coefficient (Wildman–Crippen LogP) is 1.18. The average Bonchev–Trinajstić information content (AvgIpc) is 2.95. The van der Waals surface area contributed by atoms with Gasteiger partial charge in [-0.25, -0.2) is 0 Å². The molecule has 1 atom stereocenters. The Hall–Kier alpha value is 0.0300. The molecule has 0 unspecified atom stereocenters. The Balaban J connectivity index is 2.91. The molecule has 3 nitrogen and oxygen atoms in total. The molecule has 5 heteroatoms. The van der Waals surface area contributed by atoms with Crippen molar-refractivity contribution in [1.29, 1.82) is 0 Å². The van der Waals surface area contributed by atoms with E-state index in [1.54, 1.807) is 0 Å². The van der Waals surface area contributed by atoms with Crippen LogP contribution in [0.1, 0.15) is 12.8 Å². The fraction of sp³-hybridized carbons (Fsp3) is 0.667. The van der Waals surface area contributed by atoms with E-state index in [1.165, 1.54) is 23.5 Å². The van der Waals surface area contributed by atoms with Crippen molar-refractivity contribution in [1.82, 2.24) is 0 Å². The third kappa shape index (κ3) is 2.76. The van der Waals surface area contributed by atoms with Crippen LogP contribution in [-0.2, 0) is 4.79 Å². The predicted molar refractivity (Wildman–Crippen MR) is 62.0 cm³/mol. The lowest BCUT2D eigenvalue weighted by Gasteiger charge is -2.13. The minimum Gasteiger partial charge on any atom is -0.374 e. The van der Waals surface area contributed by atoms with Gasteiger partial charge in [-0.3, -0.25) is 4.79 Å². The normalized spacial score (nSPS) is 17.7. The number of rotatable bonds is 5. The second-order valence-corrected chi connectivity index (χ2v) is 5.08. The second kappa shape index (κ2) is 5.21. The van der Waals surface area contributed by atoms with E-state index in [4.69, 9.17) is 5.73 Å². The topological polar surface area (TPSA) is 63.3 Å². The number of hydrogen-bond donors (Lipinski definition) is 2. The van der Waals surface area contributed by atoms with Crippen LogP contribution in [0.2, 0.25) is 0 Å². The maximum absolute atomic E-state index is 11.8. The van der Waals surface area contributed by atoms with Gasteiger partial charge in [0.05, 0.1) is 9.81 Å². The summed E-state index contributed by atoms with van der Waals surface area (Å²) in [4.78, 5) is 11.8. The molecule has 0 heterocycles. The summed E-state index contributed by atoms with van der Waals surface area (Å²) in [5.74, 6) is 0.135. The van der Waals surface area contributed by atoms with Gasteiger partial charge in [0.25, 0.3) is 0 Å². The molecule has 0 aromatic carbocycles. The van der Waals surface area contributed by atoms with Crippen LogP contribution in [0, 0.1) is 5.92 Å². The summed E-state index contributed by atoms with van der Waals surface area (Å²) in [6.45, 7) is 0. The van der Waals surface area contributed by atoms with E-state index in [1.807, 2.05) is 12.5 Å². The molecule has 0 aromatic heterocycles. The Labute approximate surface area is 92.5 Å². The fourth-order valence-corrected chi connectivity index (χ4v) is 2.78. The number of carbonyl (C=O) groups is 1. The lowest BCUT2D eigenvalue weighted by Crippen LogP contribution is -2.28. The highest BCUT2D eigenvalue weighted by Crippen LogP contribution is 2.37. The summed E-state index contributed by atoms with van der Waals surface area (Å²) < 4.78 is 0.830. The molecule has 0 saturated heterocycles. The van der Waals surface area contributed by atoms with Gasteiger partial charge < -0.3 is 10.8 Å². The van der Waals surface area contributed by atoms with Crippen LogP contribution in [-0.4, -0.2) is 29.6 Å². The highest BCUT2D eigenvalue weighted by Gasteiger charge is 2.34. The van der Waals surface area contributed by atoms with E-state index < -0.39 is 6.23 Å². The Morgan fingerprint density at radius 3 is 2.21 bits per heavy atom. The van der Waals surface area contributed by atoms with Gasteiger partial charge in [0.1, 0.15) is 6.23 Å². The first kappa shape index (κ1) is 12.1. The smallest absolute Gasteiger partial charge is 0.167 e. The van der Waals surface area contributed by atoms with Crippen LogP contribution >= 0.6 is 23.5 Å². The summed E-state index contributed by atoms with van der Waals surface area (Å²) >= 11 is 2.92. The minimum atomic E-state index is -1.14. The highest BCUT2D eigenvalue weighted by molar-refractivity contribution is 8.21. The number of ketones is 1. The van der Waals surface area contributed by atoms with Crippen molar-refractivity contribution in [3.8, 4) is 0 Å². The maximum Gasteiger partial charge on any atom is 0.167 e. The summed E-state index contributed by atoms with van der Waals surface area (Å²) in [6, 6.07) is 0. The fourth-order valence-electron chi connectivity index (χ4n) is 1.24. The Kier molecular flexibility index (Phi) is 4.50. The first-order valence-electron chi connectivity index (χ1n) is 4.41. The standard InChI is InChI=1S/C9H15NO2S2/c1-13-9(14-2)6(8(10)12)7(11)5-3-4-5/h5,8,12H,3-4,10H2,1-2H3/t8-/m1/s1. The molecule has 0 radical (unpaired) electrons. The third-order valence-electron chi connectivity index (χ3n) is 2.10. The molecule has 0 aromatic rings. The van der Waals surface area contributed by atoms with Crippen molar-refractivity contribution < 1.29 is 9.90 Å². The lowest BCUT2D eigenvalue weighted by atomic mass is 10.1. The SMILES string of the molecule is CSC(SC)=C(C(=O)C1CC1)[C@H](N)O. The maximum atomic E-state index is 11.8. The van der Waals surface area contributed by atoms with E-state index in [0.717, 1.165) is 17.1 Å². The average molecular weight is 233 g/mol. The number of nitrogens with two attached hydrogens (primary N) is 1. The second-order valence-electron chi connectivity index (χ2n) is 3.19. The number of aliphatic hydroxyl groups excluding tert-OH is 1. The van der Waals surface area contributed by atoms with Crippen LogP contribution in [0.25, 0.3) is 0 Å². The van der Waals surface area contributed by atoms with E-state index in [0.29, 0.717) is 5.57 Å². The van der Waals surface area contributed by atoms with Crippen LogP contribution in [0.15, 0.2) is 9.81 Å². The van der Waals surface area contributed by atoms with Crippen LogP contribution < -0.4 is 5.73 Å². The summed E-state index contributed by atoms with van der Waals surface area (Å²) in [5, 5.41) is 9.36. The minimum absolute atomic E-state index is 0.0266. The quantitative estimate of drug-likeness (QED) is 0.551. The van der Waals surface area contributed by atoms with Gasteiger partial charge in [0, 0.05) is 5.92 Å². The lowest BCUT2D eigenvalue weighted by molar-refractivity contribution is -0.117. The van der Waals surface area contributed by atoms with Crippen LogP contribution in [0.4, 0.5) is 0 Å². The van der Waals surface area contributed by atoms with Crippen molar-refractivity contribution in [2.45, 2.75) is 19.1 Å². The molecule has 14 heavy (non-hydrogen) atoms. The molecule has 1 rings (SSSR count). The van der Waals surface area contributed by atoms with Crippen LogP contribution in [0.3, 0.4) is 0 Å². The molecule has 1 fully saturated rings.